The number of benzodiazepines with no additional fused rings is 2. The number of fused-ring (bicyclic) bond motifs is 2. The van der Waals surface area contributed by atoms with Crippen LogP contribution in [0.1, 0.15) is 61.1 Å². The van der Waals surface area contributed by atoms with Crippen LogP contribution in [0.25, 0.3) is 0 Å². The van der Waals surface area contributed by atoms with Crippen molar-refractivity contribution in [3.05, 3.63) is 189 Å². The highest BCUT2D eigenvalue weighted by Gasteiger charge is 2.31. The van der Waals surface area contributed by atoms with E-state index in [0.29, 0.717) is 40.0 Å². The Morgan fingerprint density at radius 1 is 0.576 bits per heavy atom. The number of carbonyl (C=O) groups is 2. The molecule has 0 fully saturated rings. The van der Waals surface area contributed by atoms with Crippen molar-refractivity contribution in [1.82, 2.24) is 0 Å². The number of aromatic hydroxyl groups is 2. The zero-order valence-corrected chi connectivity index (χ0v) is 35.2. The number of anilines is 2. The zero-order chi connectivity index (χ0) is 42.5. The summed E-state index contributed by atoms with van der Waals surface area (Å²) in [6, 6.07) is 42.9. The highest BCUT2D eigenvalue weighted by Crippen LogP contribution is 2.32. The SMILES string of the molecule is CC.CC.CN1C(=O)C(Cc2ccccc2)N=C(c2ccc(O)cc2)c2cc(Cl)ccc21.O=C1Nc2ccc(Cl)cc2C(c2ccc(O)cc2)=NC1Cc1ccccc1. The van der Waals surface area contributed by atoms with Crippen LogP contribution in [0.4, 0.5) is 11.4 Å². The number of carbonyl (C=O) groups excluding carboxylic acids is 2. The second-order valence-corrected chi connectivity index (χ2v) is 14.1. The van der Waals surface area contributed by atoms with Crippen molar-refractivity contribution in [3.63, 3.8) is 0 Å². The van der Waals surface area contributed by atoms with Crippen molar-refractivity contribution in [2.75, 3.05) is 17.3 Å². The first-order chi connectivity index (χ1) is 28.6. The molecule has 10 heteroatoms. The molecule has 302 valence electrons. The lowest BCUT2D eigenvalue weighted by Crippen LogP contribution is -2.36. The molecule has 3 N–H and O–H groups in total. The number of likely N-dealkylation sites (N-methyl/N-ethyl adjacent to an activating group) is 1. The van der Waals surface area contributed by atoms with Gasteiger partial charge in [-0.15, -0.1) is 0 Å². The Morgan fingerprint density at radius 2 is 1.02 bits per heavy atom. The number of phenolic OH excluding ortho intramolecular Hbond substituents is 2. The minimum absolute atomic E-state index is 0.0683. The molecule has 6 aromatic carbocycles. The number of hydrogen-bond acceptors (Lipinski definition) is 6. The fourth-order valence-corrected chi connectivity index (χ4v) is 6.92. The van der Waals surface area contributed by atoms with Gasteiger partial charge in [0.15, 0.2) is 0 Å². The molecule has 0 saturated heterocycles. The van der Waals surface area contributed by atoms with Gasteiger partial charge in [0.2, 0.25) is 5.91 Å². The average Bonchev–Trinajstić information content (AvgIpc) is 3.46. The standard InChI is InChI=1S/C23H19ClN2O2.C22H17ClN2O2.2C2H6/c1-26-21-12-9-17(24)14-19(21)22(16-7-10-18(27)11-8-16)25-20(23(26)28)13-15-5-3-2-4-6-15;23-16-8-11-19-18(13-16)21(15-6-9-17(26)10-7-15)24-20(22(27)25-19)12-14-4-2-1-3-5-14;2*1-2/h2-12,14,20,27H,13H2,1H3;1-11,13,20,26H,12H2,(H,25,27);2*1-2H3. The molecule has 6 aromatic rings. The molecule has 8 nitrogen and oxygen atoms in total. The molecule has 2 amide bonds. The molecule has 2 aliphatic heterocycles. The number of halogens is 2. The monoisotopic (exact) mass is 826 g/mol. The highest BCUT2D eigenvalue weighted by molar-refractivity contribution is 6.32. The molecule has 2 atom stereocenters. The van der Waals surface area contributed by atoms with Gasteiger partial charge in [-0.2, -0.15) is 0 Å². The highest BCUT2D eigenvalue weighted by atomic mass is 35.5. The summed E-state index contributed by atoms with van der Waals surface area (Å²) in [7, 11) is 1.77. The van der Waals surface area contributed by atoms with E-state index >= 15 is 0 Å². The number of nitrogens with zero attached hydrogens (tertiary/aromatic N) is 3. The number of phenols is 2. The summed E-state index contributed by atoms with van der Waals surface area (Å²) < 4.78 is 0. The van der Waals surface area contributed by atoms with E-state index in [0.717, 1.165) is 39.1 Å². The van der Waals surface area contributed by atoms with Crippen molar-refractivity contribution in [3.8, 4) is 11.5 Å². The van der Waals surface area contributed by atoms with Gasteiger partial charge in [-0.3, -0.25) is 19.6 Å². The van der Waals surface area contributed by atoms with Crippen molar-refractivity contribution >= 4 is 57.8 Å². The van der Waals surface area contributed by atoms with E-state index in [1.807, 2.05) is 100 Å². The molecule has 2 aliphatic rings. The van der Waals surface area contributed by atoms with Crippen LogP contribution in [-0.2, 0) is 22.4 Å². The van der Waals surface area contributed by atoms with Crippen molar-refractivity contribution in [1.29, 1.82) is 0 Å². The number of hydrogen-bond donors (Lipinski definition) is 3. The predicted octanol–water partition coefficient (Wildman–Crippen LogP) is 11.0. The van der Waals surface area contributed by atoms with E-state index in [-0.39, 0.29) is 23.3 Å². The minimum Gasteiger partial charge on any atom is -0.508 e. The molecule has 0 aliphatic carbocycles. The van der Waals surface area contributed by atoms with Crippen LogP contribution >= 0.6 is 23.2 Å². The maximum Gasteiger partial charge on any atom is 0.251 e. The molecular weight excluding hydrogens is 779 g/mol. The first-order valence-electron chi connectivity index (χ1n) is 19.6. The number of benzene rings is 6. The Hall–Kier alpha value is -6.22. The molecule has 0 aromatic heterocycles. The van der Waals surface area contributed by atoms with Gasteiger partial charge in [0.25, 0.3) is 5.91 Å². The number of aliphatic imine (C=N–C) groups is 2. The Morgan fingerprint density at radius 3 is 1.54 bits per heavy atom. The van der Waals surface area contributed by atoms with Crippen LogP contribution in [0.2, 0.25) is 10.0 Å². The Bertz CT molecular complexity index is 2400. The minimum atomic E-state index is -0.567. The first-order valence-corrected chi connectivity index (χ1v) is 20.4. The molecule has 59 heavy (non-hydrogen) atoms. The average molecular weight is 828 g/mol. The van der Waals surface area contributed by atoms with Crippen LogP contribution < -0.4 is 10.2 Å². The lowest BCUT2D eigenvalue weighted by atomic mass is 10.00. The van der Waals surface area contributed by atoms with E-state index in [9.17, 15) is 19.8 Å². The molecule has 0 radical (unpaired) electrons. The number of nitrogens with one attached hydrogen (secondary N) is 1. The van der Waals surface area contributed by atoms with Crippen molar-refractivity contribution < 1.29 is 19.8 Å². The van der Waals surface area contributed by atoms with E-state index in [1.165, 1.54) is 0 Å². The summed E-state index contributed by atoms with van der Waals surface area (Å²) in [5.41, 5.74) is 8.07. The molecule has 0 saturated carbocycles. The number of amides is 2. The van der Waals surface area contributed by atoms with Crippen LogP contribution in [0.5, 0.6) is 11.5 Å². The fraction of sp³-hybridized carbons (Fsp3) is 0.184. The van der Waals surface area contributed by atoms with Crippen LogP contribution in [0.15, 0.2) is 156 Å². The quantitative estimate of drug-likeness (QED) is 0.155. The summed E-state index contributed by atoms with van der Waals surface area (Å²) in [5, 5.41) is 23.4. The third-order valence-electron chi connectivity index (χ3n) is 9.38. The van der Waals surface area contributed by atoms with Gasteiger partial charge in [-0.05, 0) is 96.1 Å². The molecule has 2 heterocycles. The third kappa shape index (κ3) is 11.0. The van der Waals surface area contributed by atoms with Crippen LogP contribution in [0.3, 0.4) is 0 Å². The van der Waals surface area contributed by atoms with E-state index < -0.39 is 12.1 Å². The lowest BCUT2D eigenvalue weighted by molar-refractivity contribution is -0.119. The Labute approximate surface area is 356 Å². The second-order valence-electron chi connectivity index (χ2n) is 13.2. The van der Waals surface area contributed by atoms with Crippen LogP contribution in [0, 0.1) is 0 Å². The van der Waals surface area contributed by atoms with Gasteiger partial charge >= 0.3 is 0 Å². The fourth-order valence-electron chi connectivity index (χ4n) is 6.58. The maximum absolute atomic E-state index is 13.2. The van der Waals surface area contributed by atoms with Gasteiger partial charge < -0.3 is 20.4 Å². The molecular formula is C49H48Cl2N4O4. The summed E-state index contributed by atoms with van der Waals surface area (Å²) in [6.45, 7) is 8.00. The van der Waals surface area contributed by atoms with Gasteiger partial charge in [-0.1, -0.05) is 112 Å². The summed E-state index contributed by atoms with van der Waals surface area (Å²) in [4.78, 5) is 37.3. The van der Waals surface area contributed by atoms with Gasteiger partial charge in [0.1, 0.15) is 23.6 Å². The Balaban J connectivity index is 0.000000207. The summed E-state index contributed by atoms with van der Waals surface area (Å²) >= 11 is 12.5. The second kappa shape index (κ2) is 21.0. The smallest absolute Gasteiger partial charge is 0.251 e. The van der Waals surface area contributed by atoms with Crippen LogP contribution in [-0.4, -0.2) is 52.6 Å². The van der Waals surface area contributed by atoms with E-state index in [4.69, 9.17) is 33.2 Å². The van der Waals surface area contributed by atoms with Crippen molar-refractivity contribution in [2.45, 2.75) is 52.6 Å². The van der Waals surface area contributed by atoms with Crippen molar-refractivity contribution in [2.24, 2.45) is 9.98 Å². The zero-order valence-electron chi connectivity index (χ0n) is 33.7. The van der Waals surface area contributed by atoms with E-state index in [2.05, 4.69) is 5.32 Å². The summed E-state index contributed by atoms with van der Waals surface area (Å²) in [6.07, 6.45) is 1.00. The number of rotatable bonds is 6. The topological polar surface area (TPSA) is 115 Å². The molecule has 0 bridgehead atoms. The molecule has 0 spiro atoms. The van der Waals surface area contributed by atoms with E-state index in [1.54, 1.807) is 84.7 Å². The lowest BCUT2D eigenvalue weighted by Gasteiger charge is -2.20. The Kier molecular flexibility index (Phi) is 15.6. The third-order valence-corrected chi connectivity index (χ3v) is 9.85. The molecule has 8 rings (SSSR count). The summed E-state index contributed by atoms with van der Waals surface area (Å²) in [5.74, 6) is 0.130. The largest absolute Gasteiger partial charge is 0.508 e. The van der Waals surface area contributed by atoms with Gasteiger partial charge in [-0.25, -0.2) is 0 Å². The normalized spacial score (nSPS) is 15.3. The maximum atomic E-state index is 13.2. The van der Waals surface area contributed by atoms with Gasteiger partial charge in [0, 0.05) is 52.2 Å². The predicted molar refractivity (Wildman–Crippen MR) is 243 cm³/mol. The van der Waals surface area contributed by atoms with Gasteiger partial charge in [0.05, 0.1) is 22.8 Å². The first kappa shape index (κ1) is 43.9. The molecule has 2 unspecified atom stereocenters.